The van der Waals surface area contributed by atoms with Crippen molar-refractivity contribution in [2.24, 2.45) is 0 Å². The van der Waals surface area contributed by atoms with Gasteiger partial charge in [0.05, 0.1) is 25.8 Å². The van der Waals surface area contributed by atoms with E-state index in [9.17, 15) is 14.7 Å². The van der Waals surface area contributed by atoms with E-state index < -0.39 is 17.7 Å². The number of aliphatic hydroxyl groups excluding tert-OH is 1. The Kier molecular flexibility index (Phi) is 6.68. The first kappa shape index (κ1) is 24.2. The van der Waals surface area contributed by atoms with Crippen LogP contribution in [-0.4, -0.2) is 47.4 Å². The molecule has 4 aromatic rings. The minimum Gasteiger partial charge on any atom is -0.503 e. The summed E-state index contributed by atoms with van der Waals surface area (Å²) in [5.41, 5.74) is 3.66. The van der Waals surface area contributed by atoms with Crippen LogP contribution >= 0.6 is 0 Å². The Bertz CT molecular complexity index is 1470. The minimum absolute atomic E-state index is 0.0935. The molecule has 1 aromatic heterocycles. The van der Waals surface area contributed by atoms with Gasteiger partial charge in [-0.05, 0) is 53.4 Å². The number of nitrogens with zero attached hydrogens (tertiary/aromatic N) is 1. The number of nitrogens with one attached hydrogen (secondary N) is 1. The Balaban J connectivity index is 1.47. The highest BCUT2D eigenvalue weighted by atomic mass is 16.5. The van der Waals surface area contributed by atoms with Crippen molar-refractivity contribution >= 4 is 22.6 Å². The second kappa shape index (κ2) is 10.2. The number of hydrogen-bond acceptors (Lipinski definition) is 5. The van der Waals surface area contributed by atoms with E-state index in [-0.39, 0.29) is 17.8 Å². The molecular formula is C30H28N2O5. The van der Waals surface area contributed by atoms with E-state index >= 15 is 0 Å². The monoisotopic (exact) mass is 496 g/mol. The van der Waals surface area contributed by atoms with Crippen LogP contribution in [0, 0.1) is 0 Å². The van der Waals surface area contributed by atoms with Crippen molar-refractivity contribution in [3.63, 3.8) is 0 Å². The zero-order valence-electron chi connectivity index (χ0n) is 20.7. The van der Waals surface area contributed by atoms with Gasteiger partial charge in [0.2, 0.25) is 0 Å². The van der Waals surface area contributed by atoms with Crippen LogP contribution in [0.2, 0.25) is 0 Å². The van der Waals surface area contributed by atoms with Gasteiger partial charge in [-0.3, -0.25) is 9.59 Å². The van der Waals surface area contributed by atoms with Crippen molar-refractivity contribution in [1.82, 2.24) is 9.88 Å². The number of H-pyrrole nitrogens is 1. The lowest BCUT2D eigenvalue weighted by molar-refractivity contribution is -0.129. The summed E-state index contributed by atoms with van der Waals surface area (Å²) in [4.78, 5) is 31.6. The van der Waals surface area contributed by atoms with Crippen LogP contribution in [0.25, 0.3) is 10.9 Å². The van der Waals surface area contributed by atoms with E-state index in [1.807, 2.05) is 66.9 Å². The lowest BCUT2D eigenvalue weighted by atomic mass is 9.93. The number of hydrogen-bond donors (Lipinski definition) is 2. The maximum atomic E-state index is 13.5. The first-order valence-corrected chi connectivity index (χ1v) is 12.1. The molecule has 0 saturated carbocycles. The molecule has 3 aromatic carbocycles. The number of carbonyl (C=O) groups excluding carboxylic acids is 2. The molecule has 7 nitrogen and oxygen atoms in total. The number of aromatic amines is 1. The molecule has 1 amide bonds. The van der Waals surface area contributed by atoms with Crippen LogP contribution in [0.3, 0.4) is 0 Å². The van der Waals surface area contributed by atoms with E-state index in [0.717, 1.165) is 33.3 Å². The number of methoxy groups -OCH3 is 2. The maximum absolute atomic E-state index is 13.5. The SMILES string of the molecule is COc1ccc([C@@H]2C(C(=O)Cc3ccccc3)=C(O)C(=O)N2CCc2c[nH]c3ccc(OC)cc23)cc1. The average molecular weight is 497 g/mol. The highest BCUT2D eigenvalue weighted by Crippen LogP contribution is 2.39. The predicted octanol–water partition coefficient (Wildman–Crippen LogP) is 4.94. The maximum Gasteiger partial charge on any atom is 0.290 e. The third-order valence-electron chi connectivity index (χ3n) is 6.84. The van der Waals surface area contributed by atoms with E-state index in [4.69, 9.17) is 9.47 Å². The van der Waals surface area contributed by atoms with Crippen LogP contribution in [0.5, 0.6) is 11.5 Å². The molecule has 0 saturated heterocycles. The van der Waals surface area contributed by atoms with Gasteiger partial charge in [0.15, 0.2) is 11.5 Å². The Morgan fingerprint density at radius 3 is 2.38 bits per heavy atom. The van der Waals surface area contributed by atoms with Crippen molar-refractivity contribution < 1.29 is 24.2 Å². The van der Waals surface area contributed by atoms with E-state index in [1.54, 1.807) is 31.3 Å². The fraction of sp³-hybridized carbons (Fsp3) is 0.200. The summed E-state index contributed by atoms with van der Waals surface area (Å²) in [7, 11) is 3.20. The van der Waals surface area contributed by atoms with Crippen LogP contribution in [0.4, 0.5) is 0 Å². The molecule has 0 bridgehead atoms. The van der Waals surface area contributed by atoms with Gasteiger partial charge in [-0.2, -0.15) is 0 Å². The molecule has 1 aliphatic heterocycles. The number of rotatable bonds is 9. The molecule has 0 fully saturated rings. The van der Waals surface area contributed by atoms with Crippen LogP contribution in [0.15, 0.2) is 90.3 Å². The Labute approximate surface area is 214 Å². The van der Waals surface area contributed by atoms with Gasteiger partial charge < -0.3 is 24.5 Å². The molecule has 188 valence electrons. The second-order valence-corrected chi connectivity index (χ2v) is 9.00. The number of amides is 1. The Hall–Kier alpha value is -4.52. The fourth-order valence-electron chi connectivity index (χ4n) is 4.91. The first-order valence-electron chi connectivity index (χ1n) is 12.1. The van der Waals surface area contributed by atoms with Gasteiger partial charge in [-0.25, -0.2) is 0 Å². The van der Waals surface area contributed by atoms with Gasteiger partial charge in [-0.1, -0.05) is 42.5 Å². The van der Waals surface area contributed by atoms with Gasteiger partial charge in [-0.15, -0.1) is 0 Å². The van der Waals surface area contributed by atoms with E-state index in [2.05, 4.69) is 4.98 Å². The van der Waals surface area contributed by atoms with Gasteiger partial charge in [0.25, 0.3) is 5.91 Å². The zero-order chi connectivity index (χ0) is 25.9. The molecule has 0 spiro atoms. The third kappa shape index (κ3) is 4.68. The summed E-state index contributed by atoms with van der Waals surface area (Å²) in [6.07, 6.45) is 2.54. The normalized spacial score (nSPS) is 15.5. The first-order chi connectivity index (χ1) is 18.0. The summed E-state index contributed by atoms with van der Waals surface area (Å²) in [6.45, 7) is 0.311. The quantitative estimate of drug-likeness (QED) is 0.343. The van der Waals surface area contributed by atoms with Gasteiger partial charge >= 0.3 is 0 Å². The highest BCUT2D eigenvalue weighted by Gasteiger charge is 2.43. The number of Topliss-reactive ketones (excluding diaryl/α,β-unsaturated/α-hetero) is 1. The predicted molar refractivity (Wildman–Crippen MR) is 141 cm³/mol. The van der Waals surface area contributed by atoms with Crippen LogP contribution in [0.1, 0.15) is 22.7 Å². The highest BCUT2D eigenvalue weighted by molar-refractivity contribution is 6.09. The molecule has 1 atom stereocenters. The molecule has 0 radical (unpaired) electrons. The summed E-state index contributed by atoms with van der Waals surface area (Å²) >= 11 is 0. The largest absolute Gasteiger partial charge is 0.503 e. The Morgan fingerprint density at radius 2 is 1.68 bits per heavy atom. The molecule has 2 N–H and O–H groups in total. The minimum atomic E-state index is -0.700. The number of aromatic nitrogens is 1. The molecular weight excluding hydrogens is 468 g/mol. The van der Waals surface area contributed by atoms with Gasteiger partial charge in [0, 0.05) is 30.1 Å². The van der Waals surface area contributed by atoms with Crippen molar-refractivity contribution in [2.75, 3.05) is 20.8 Å². The summed E-state index contributed by atoms with van der Waals surface area (Å²) in [5, 5.41) is 11.9. The number of ketones is 1. The Morgan fingerprint density at radius 1 is 0.973 bits per heavy atom. The van der Waals surface area contributed by atoms with Crippen molar-refractivity contribution in [2.45, 2.75) is 18.9 Å². The molecule has 7 heteroatoms. The van der Waals surface area contributed by atoms with Gasteiger partial charge in [0.1, 0.15) is 11.5 Å². The van der Waals surface area contributed by atoms with Crippen molar-refractivity contribution in [1.29, 1.82) is 0 Å². The molecule has 5 rings (SSSR count). The average Bonchev–Trinajstić information content (AvgIpc) is 3.45. The smallest absolute Gasteiger partial charge is 0.290 e. The van der Waals surface area contributed by atoms with E-state index in [1.165, 1.54) is 0 Å². The molecule has 1 aliphatic rings. The molecule has 37 heavy (non-hydrogen) atoms. The lowest BCUT2D eigenvalue weighted by Crippen LogP contribution is -2.33. The topological polar surface area (TPSA) is 91.9 Å². The fourth-order valence-corrected chi connectivity index (χ4v) is 4.91. The summed E-state index contributed by atoms with van der Waals surface area (Å²) in [5.74, 6) is 0.0988. The van der Waals surface area contributed by atoms with Crippen molar-refractivity contribution in [3.8, 4) is 11.5 Å². The number of aliphatic hydroxyl groups is 1. The lowest BCUT2D eigenvalue weighted by Gasteiger charge is -2.27. The second-order valence-electron chi connectivity index (χ2n) is 9.00. The molecule has 0 aliphatic carbocycles. The number of carbonyl (C=O) groups is 2. The summed E-state index contributed by atoms with van der Waals surface area (Å²) in [6, 6.07) is 21.7. The van der Waals surface area contributed by atoms with Crippen LogP contribution in [-0.2, 0) is 22.4 Å². The third-order valence-corrected chi connectivity index (χ3v) is 6.84. The number of fused-ring (bicyclic) bond motifs is 1. The standard InChI is InChI=1S/C30H28N2O5/c1-36-22-10-8-20(9-11-22)28-27(26(33)16-19-6-4-3-5-7-19)29(34)30(35)32(28)15-14-21-18-31-25-13-12-23(37-2)17-24(21)25/h3-13,17-18,28,31,34H,14-16H2,1-2H3/t28-/m1/s1. The number of ether oxygens (including phenoxy) is 2. The zero-order valence-corrected chi connectivity index (χ0v) is 20.7. The molecule has 0 unspecified atom stereocenters. The summed E-state index contributed by atoms with van der Waals surface area (Å²) < 4.78 is 10.7. The van der Waals surface area contributed by atoms with E-state index in [0.29, 0.717) is 18.7 Å². The number of benzene rings is 3. The van der Waals surface area contributed by atoms with Crippen molar-refractivity contribution in [3.05, 3.63) is 107 Å². The molecule has 2 heterocycles. The van der Waals surface area contributed by atoms with Crippen LogP contribution < -0.4 is 9.47 Å².